The van der Waals surface area contributed by atoms with E-state index in [1.165, 1.54) is 14.0 Å². The largest absolute Gasteiger partial charge is 0.496 e. The number of nitrogens with zero attached hydrogens (tertiary/aromatic N) is 2. The Morgan fingerprint density at radius 1 is 1.06 bits per heavy atom. The van der Waals surface area contributed by atoms with Crippen LogP contribution in [0.4, 0.5) is 0 Å². The summed E-state index contributed by atoms with van der Waals surface area (Å²) < 4.78 is 44.3. The van der Waals surface area contributed by atoms with Gasteiger partial charge in [-0.15, -0.1) is 0 Å². The number of ether oxygens (including phenoxy) is 3. The molecule has 0 unspecified atom stereocenters. The molecule has 3 rings (SSSR count). The molecule has 0 bridgehead atoms. The topological polar surface area (TPSA) is 115 Å². The van der Waals surface area contributed by atoms with Gasteiger partial charge in [-0.3, -0.25) is 8.98 Å². The van der Waals surface area contributed by atoms with Gasteiger partial charge in [0.15, 0.2) is 11.5 Å². The summed E-state index contributed by atoms with van der Waals surface area (Å²) in [7, 11) is 1.09. The van der Waals surface area contributed by atoms with Gasteiger partial charge in [0.1, 0.15) is 5.75 Å². The standard InChI is InChI=1S/C23H29NO7S.C2H3N/c1-28-19-8-6-5-7-18(19)22(25)24-13-11-23(16-24,12-14-31-32(4,26)27)17-9-10-20(29-2)21(15-17)30-3;1-2-3/h5-10,15H,11-14,16H2,1-4H3;1H3/t23-;/m1./s1. The van der Waals surface area contributed by atoms with Crippen LogP contribution in [0, 0.1) is 11.3 Å². The lowest BCUT2D eigenvalue weighted by Crippen LogP contribution is -2.35. The SMILES string of the molecule is CC#N.COc1ccc([C@@]2(CCOS(C)(=O)=O)CCN(C(=O)c3ccccc3OC)C2)cc1OC. The van der Waals surface area contributed by atoms with E-state index in [4.69, 9.17) is 23.7 Å². The molecule has 1 atom stereocenters. The molecule has 0 aliphatic carbocycles. The zero-order chi connectivity index (χ0) is 26.1. The van der Waals surface area contributed by atoms with E-state index in [1.54, 1.807) is 43.4 Å². The number of carbonyl (C=O) groups is 1. The maximum absolute atomic E-state index is 13.3. The quantitative estimate of drug-likeness (QED) is 0.477. The minimum absolute atomic E-state index is 0.0177. The Morgan fingerprint density at radius 2 is 1.69 bits per heavy atom. The molecular formula is C25H32N2O7S. The smallest absolute Gasteiger partial charge is 0.264 e. The molecule has 0 radical (unpaired) electrons. The zero-order valence-corrected chi connectivity index (χ0v) is 21.6. The van der Waals surface area contributed by atoms with Crippen molar-refractivity contribution in [1.29, 1.82) is 5.26 Å². The zero-order valence-electron chi connectivity index (χ0n) is 20.7. The number of likely N-dealkylation sites (tertiary alicyclic amines) is 1. The molecule has 0 spiro atoms. The number of amides is 1. The molecule has 10 heteroatoms. The Morgan fingerprint density at radius 3 is 2.29 bits per heavy atom. The van der Waals surface area contributed by atoms with E-state index in [-0.39, 0.29) is 12.5 Å². The number of methoxy groups -OCH3 is 3. The van der Waals surface area contributed by atoms with Gasteiger partial charge in [-0.05, 0) is 42.7 Å². The van der Waals surface area contributed by atoms with E-state index < -0.39 is 15.5 Å². The number of hydrogen-bond donors (Lipinski definition) is 0. The van der Waals surface area contributed by atoms with Crippen molar-refractivity contribution in [3.63, 3.8) is 0 Å². The Labute approximate surface area is 207 Å². The highest BCUT2D eigenvalue weighted by molar-refractivity contribution is 7.85. The molecule has 190 valence electrons. The first-order valence-corrected chi connectivity index (χ1v) is 12.8. The van der Waals surface area contributed by atoms with E-state index in [1.807, 2.05) is 24.3 Å². The van der Waals surface area contributed by atoms with Crippen LogP contribution in [-0.4, -0.2) is 66.5 Å². The molecule has 1 heterocycles. The fraction of sp³-hybridized carbons (Fsp3) is 0.440. The normalized spacial score (nSPS) is 17.1. The fourth-order valence-electron chi connectivity index (χ4n) is 4.18. The van der Waals surface area contributed by atoms with Gasteiger partial charge in [-0.25, -0.2) is 0 Å². The Kier molecular flexibility index (Phi) is 9.92. The number of nitriles is 1. The summed E-state index contributed by atoms with van der Waals surface area (Å²) in [5.41, 5.74) is 0.926. The van der Waals surface area contributed by atoms with E-state index in [0.717, 1.165) is 11.8 Å². The summed E-state index contributed by atoms with van der Waals surface area (Å²) in [5, 5.41) is 7.32. The molecule has 0 saturated carbocycles. The Balaban J connectivity index is 0.00000137. The van der Waals surface area contributed by atoms with Gasteiger partial charge >= 0.3 is 0 Å². The van der Waals surface area contributed by atoms with Crippen molar-refractivity contribution in [3.8, 4) is 23.3 Å². The van der Waals surface area contributed by atoms with Gasteiger partial charge in [-0.1, -0.05) is 18.2 Å². The number of carbonyl (C=O) groups excluding carboxylic acids is 1. The van der Waals surface area contributed by atoms with Crippen molar-refractivity contribution >= 4 is 16.0 Å². The summed E-state index contributed by atoms with van der Waals surface area (Å²) in [4.78, 5) is 15.0. The van der Waals surface area contributed by atoms with E-state index in [2.05, 4.69) is 0 Å². The van der Waals surface area contributed by atoms with Crippen LogP contribution < -0.4 is 14.2 Å². The molecule has 1 amide bonds. The highest BCUT2D eigenvalue weighted by atomic mass is 32.2. The molecule has 0 N–H and O–H groups in total. The van der Waals surface area contributed by atoms with Crippen LogP contribution in [0.15, 0.2) is 42.5 Å². The summed E-state index contributed by atoms with van der Waals surface area (Å²) >= 11 is 0. The van der Waals surface area contributed by atoms with Crippen LogP contribution >= 0.6 is 0 Å². The van der Waals surface area contributed by atoms with E-state index in [0.29, 0.717) is 48.7 Å². The summed E-state index contributed by atoms with van der Waals surface area (Å²) in [5.74, 6) is 1.55. The molecule has 1 aliphatic heterocycles. The second-order valence-electron chi connectivity index (χ2n) is 8.03. The van der Waals surface area contributed by atoms with Gasteiger partial charge in [0.25, 0.3) is 16.0 Å². The van der Waals surface area contributed by atoms with E-state index >= 15 is 0 Å². The highest BCUT2D eigenvalue weighted by Gasteiger charge is 2.42. The van der Waals surface area contributed by atoms with Crippen molar-refractivity contribution < 1.29 is 31.6 Å². The van der Waals surface area contributed by atoms with Gasteiger partial charge in [0, 0.05) is 25.4 Å². The monoisotopic (exact) mass is 504 g/mol. The Bertz CT molecular complexity index is 1160. The van der Waals surface area contributed by atoms with Crippen LogP contribution in [0.5, 0.6) is 17.2 Å². The molecule has 1 fully saturated rings. The third-order valence-corrected chi connectivity index (χ3v) is 6.45. The van der Waals surface area contributed by atoms with Crippen molar-refractivity contribution in [3.05, 3.63) is 53.6 Å². The number of benzene rings is 2. The van der Waals surface area contributed by atoms with Crippen LogP contribution in [0.2, 0.25) is 0 Å². The first-order valence-electron chi connectivity index (χ1n) is 10.9. The van der Waals surface area contributed by atoms with E-state index in [9.17, 15) is 13.2 Å². The van der Waals surface area contributed by atoms with Crippen LogP contribution in [0.1, 0.15) is 35.7 Å². The lowest BCUT2D eigenvalue weighted by Gasteiger charge is -2.30. The second-order valence-corrected chi connectivity index (χ2v) is 9.67. The summed E-state index contributed by atoms with van der Waals surface area (Å²) in [6, 6.07) is 14.5. The Hall–Kier alpha value is -3.29. The fourth-order valence-corrected chi connectivity index (χ4v) is 4.56. The molecule has 1 aliphatic rings. The van der Waals surface area contributed by atoms with Crippen molar-refractivity contribution in [2.75, 3.05) is 47.3 Å². The third-order valence-electron chi connectivity index (χ3n) is 5.85. The van der Waals surface area contributed by atoms with Gasteiger partial charge in [-0.2, -0.15) is 13.7 Å². The van der Waals surface area contributed by atoms with Crippen LogP contribution in [-0.2, 0) is 19.7 Å². The molecule has 0 aromatic heterocycles. The number of rotatable bonds is 9. The lowest BCUT2D eigenvalue weighted by atomic mass is 9.77. The lowest BCUT2D eigenvalue weighted by molar-refractivity contribution is 0.0777. The minimum atomic E-state index is -3.57. The van der Waals surface area contributed by atoms with Crippen molar-refractivity contribution in [2.45, 2.75) is 25.2 Å². The molecule has 2 aromatic rings. The average molecular weight is 505 g/mol. The molecular weight excluding hydrogens is 472 g/mol. The summed E-state index contributed by atoms with van der Waals surface area (Å²) in [6.07, 6.45) is 2.10. The van der Waals surface area contributed by atoms with Crippen molar-refractivity contribution in [1.82, 2.24) is 4.90 Å². The average Bonchev–Trinajstić information content (AvgIpc) is 3.28. The number of hydrogen-bond acceptors (Lipinski definition) is 8. The third kappa shape index (κ3) is 7.10. The van der Waals surface area contributed by atoms with Crippen LogP contribution in [0.3, 0.4) is 0 Å². The summed E-state index contributed by atoms with van der Waals surface area (Å²) in [6.45, 7) is 2.38. The molecule has 35 heavy (non-hydrogen) atoms. The predicted octanol–water partition coefficient (Wildman–Crippen LogP) is 3.39. The van der Waals surface area contributed by atoms with Gasteiger partial charge in [0.2, 0.25) is 0 Å². The first kappa shape index (κ1) is 28.0. The van der Waals surface area contributed by atoms with Gasteiger partial charge in [0.05, 0.1) is 45.8 Å². The van der Waals surface area contributed by atoms with Gasteiger partial charge < -0.3 is 19.1 Å². The molecule has 9 nitrogen and oxygen atoms in total. The maximum Gasteiger partial charge on any atom is 0.264 e. The molecule has 2 aromatic carbocycles. The van der Waals surface area contributed by atoms with Crippen LogP contribution in [0.25, 0.3) is 0 Å². The maximum atomic E-state index is 13.3. The minimum Gasteiger partial charge on any atom is -0.496 e. The highest BCUT2D eigenvalue weighted by Crippen LogP contribution is 2.42. The number of para-hydroxylation sites is 1. The molecule has 1 saturated heterocycles. The first-order chi connectivity index (χ1) is 16.6. The predicted molar refractivity (Wildman–Crippen MR) is 131 cm³/mol. The van der Waals surface area contributed by atoms with Crippen molar-refractivity contribution in [2.24, 2.45) is 0 Å². The second kappa shape index (κ2) is 12.4.